The molecule has 0 saturated carbocycles. The van der Waals surface area contributed by atoms with Crippen LogP contribution in [0.3, 0.4) is 0 Å². The summed E-state index contributed by atoms with van der Waals surface area (Å²) >= 11 is 0. The van der Waals surface area contributed by atoms with Gasteiger partial charge < -0.3 is 10.5 Å². The SMILES string of the molecule is CCCS(=O)(=O)CCCOc1cccc(N)c1. The van der Waals surface area contributed by atoms with Crippen molar-refractivity contribution in [2.75, 3.05) is 23.8 Å². The molecular formula is C12H19NO3S. The quantitative estimate of drug-likeness (QED) is 0.598. The Morgan fingerprint density at radius 2 is 2.06 bits per heavy atom. The lowest BCUT2D eigenvalue weighted by molar-refractivity contribution is 0.318. The summed E-state index contributed by atoms with van der Waals surface area (Å²) < 4.78 is 28.3. The van der Waals surface area contributed by atoms with Crippen LogP contribution in [-0.2, 0) is 9.84 Å². The fraction of sp³-hybridized carbons (Fsp3) is 0.500. The van der Waals surface area contributed by atoms with Gasteiger partial charge in [0.05, 0.1) is 12.4 Å². The number of nitrogen functional groups attached to an aromatic ring is 1. The Bertz CT molecular complexity index is 443. The summed E-state index contributed by atoms with van der Waals surface area (Å²) in [6, 6.07) is 7.11. The molecule has 96 valence electrons. The van der Waals surface area contributed by atoms with Gasteiger partial charge in [0.1, 0.15) is 15.6 Å². The number of benzene rings is 1. The van der Waals surface area contributed by atoms with E-state index >= 15 is 0 Å². The van der Waals surface area contributed by atoms with E-state index < -0.39 is 9.84 Å². The number of nitrogens with two attached hydrogens (primary N) is 1. The van der Waals surface area contributed by atoms with Crippen molar-refractivity contribution in [1.29, 1.82) is 0 Å². The van der Waals surface area contributed by atoms with E-state index in [1.165, 1.54) is 0 Å². The van der Waals surface area contributed by atoms with E-state index in [4.69, 9.17) is 10.5 Å². The third-order valence-corrected chi connectivity index (χ3v) is 4.18. The average Bonchev–Trinajstić information content (AvgIpc) is 2.24. The molecule has 0 aliphatic carbocycles. The van der Waals surface area contributed by atoms with Crippen molar-refractivity contribution in [2.24, 2.45) is 0 Å². The summed E-state index contributed by atoms with van der Waals surface area (Å²) in [5.74, 6) is 1.12. The Balaban J connectivity index is 2.29. The average molecular weight is 257 g/mol. The molecule has 1 aromatic rings. The second-order valence-electron chi connectivity index (χ2n) is 3.93. The highest BCUT2D eigenvalue weighted by Crippen LogP contribution is 2.14. The summed E-state index contributed by atoms with van der Waals surface area (Å²) in [6.45, 7) is 2.26. The lowest BCUT2D eigenvalue weighted by atomic mass is 10.3. The van der Waals surface area contributed by atoms with E-state index in [-0.39, 0.29) is 11.5 Å². The molecule has 2 N–H and O–H groups in total. The Kier molecular flexibility index (Phi) is 5.28. The number of sulfone groups is 1. The van der Waals surface area contributed by atoms with E-state index in [0.29, 0.717) is 30.9 Å². The van der Waals surface area contributed by atoms with Crippen LogP contribution in [-0.4, -0.2) is 26.5 Å². The predicted molar refractivity (Wildman–Crippen MR) is 69.9 cm³/mol. The zero-order valence-electron chi connectivity index (χ0n) is 10.1. The van der Waals surface area contributed by atoms with Crippen LogP contribution < -0.4 is 10.5 Å². The van der Waals surface area contributed by atoms with Crippen LogP contribution in [0.15, 0.2) is 24.3 Å². The largest absolute Gasteiger partial charge is 0.493 e. The van der Waals surface area contributed by atoms with Crippen LogP contribution in [0.5, 0.6) is 5.75 Å². The van der Waals surface area contributed by atoms with Gasteiger partial charge in [-0.2, -0.15) is 0 Å². The van der Waals surface area contributed by atoms with Crippen molar-refractivity contribution < 1.29 is 13.2 Å². The molecule has 0 aromatic heterocycles. The highest BCUT2D eigenvalue weighted by atomic mass is 32.2. The molecule has 5 heteroatoms. The second-order valence-corrected chi connectivity index (χ2v) is 6.23. The zero-order chi connectivity index (χ0) is 12.7. The molecule has 0 atom stereocenters. The van der Waals surface area contributed by atoms with Gasteiger partial charge in [0.25, 0.3) is 0 Å². The van der Waals surface area contributed by atoms with Crippen LogP contribution >= 0.6 is 0 Å². The zero-order valence-corrected chi connectivity index (χ0v) is 10.9. The number of hydrogen-bond acceptors (Lipinski definition) is 4. The maximum atomic E-state index is 11.4. The molecule has 0 saturated heterocycles. The lowest BCUT2D eigenvalue weighted by Crippen LogP contribution is -2.13. The van der Waals surface area contributed by atoms with Crippen LogP contribution in [0.25, 0.3) is 0 Å². The molecular weight excluding hydrogens is 238 g/mol. The van der Waals surface area contributed by atoms with Gasteiger partial charge in [-0.3, -0.25) is 0 Å². The monoisotopic (exact) mass is 257 g/mol. The molecule has 0 heterocycles. The molecule has 0 fully saturated rings. The third-order valence-electron chi connectivity index (χ3n) is 2.24. The van der Waals surface area contributed by atoms with E-state index in [0.717, 1.165) is 0 Å². The van der Waals surface area contributed by atoms with Gasteiger partial charge in [-0.1, -0.05) is 13.0 Å². The number of anilines is 1. The minimum atomic E-state index is -2.90. The first kappa shape index (κ1) is 13.8. The highest BCUT2D eigenvalue weighted by molar-refractivity contribution is 7.91. The third kappa shape index (κ3) is 5.58. The van der Waals surface area contributed by atoms with Crippen molar-refractivity contribution in [3.8, 4) is 5.75 Å². The summed E-state index contributed by atoms with van der Waals surface area (Å²) in [6.07, 6.45) is 1.18. The van der Waals surface area contributed by atoms with Crippen LogP contribution in [0, 0.1) is 0 Å². The van der Waals surface area contributed by atoms with Crippen molar-refractivity contribution in [3.63, 3.8) is 0 Å². The van der Waals surface area contributed by atoms with Crippen molar-refractivity contribution >= 4 is 15.5 Å². The Morgan fingerprint density at radius 1 is 1.29 bits per heavy atom. The fourth-order valence-electron chi connectivity index (χ4n) is 1.49. The molecule has 0 aliphatic heterocycles. The minimum absolute atomic E-state index is 0.184. The van der Waals surface area contributed by atoms with Gasteiger partial charge in [-0.15, -0.1) is 0 Å². The summed E-state index contributed by atoms with van der Waals surface area (Å²) in [4.78, 5) is 0. The summed E-state index contributed by atoms with van der Waals surface area (Å²) in [5, 5.41) is 0. The molecule has 0 unspecified atom stereocenters. The molecule has 4 nitrogen and oxygen atoms in total. The molecule has 0 amide bonds. The van der Waals surface area contributed by atoms with Gasteiger partial charge in [0.15, 0.2) is 0 Å². The molecule has 0 spiro atoms. The Labute approximate surface area is 103 Å². The number of hydrogen-bond donors (Lipinski definition) is 1. The molecule has 0 aliphatic rings. The first-order valence-electron chi connectivity index (χ1n) is 5.72. The van der Waals surface area contributed by atoms with Gasteiger partial charge in [-0.25, -0.2) is 8.42 Å². The second kappa shape index (κ2) is 6.49. The van der Waals surface area contributed by atoms with E-state index in [1.807, 2.05) is 6.92 Å². The van der Waals surface area contributed by atoms with Gasteiger partial charge in [-0.05, 0) is 25.0 Å². The Hall–Kier alpha value is -1.23. The van der Waals surface area contributed by atoms with Crippen LogP contribution in [0.4, 0.5) is 5.69 Å². The first-order valence-corrected chi connectivity index (χ1v) is 7.54. The van der Waals surface area contributed by atoms with E-state index in [1.54, 1.807) is 24.3 Å². The lowest BCUT2D eigenvalue weighted by Gasteiger charge is -2.07. The fourth-order valence-corrected chi connectivity index (χ4v) is 2.87. The minimum Gasteiger partial charge on any atom is -0.493 e. The van der Waals surface area contributed by atoms with Gasteiger partial charge >= 0.3 is 0 Å². The van der Waals surface area contributed by atoms with Crippen molar-refractivity contribution in [2.45, 2.75) is 19.8 Å². The van der Waals surface area contributed by atoms with Crippen molar-refractivity contribution in [3.05, 3.63) is 24.3 Å². The highest BCUT2D eigenvalue weighted by Gasteiger charge is 2.08. The first-order chi connectivity index (χ1) is 8.03. The van der Waals surface area contributed by atoms with Crippen LogP contribution in [0.2, 0.25) is 0 Å². The normalized spacial score (nSPS) is 11.4. The maximum Gasteiger partial charge on any atom is 0.150 e. The summed E-state index contributed by atoms with van der Waals surface area (Å²) in [5.41, 5.74) is 6.24. The number of ether oxygens (including phenoxy) is 1. The summed E-state index contributed by atoms with van der Waals surface area (Å²) in [7, 11) is -2.90. The van der Waals surface area contributed by atoms with Gasteiger partial charge in [0.2, 0.25) is 0 Å². The van der Waals surface area contributed by atoms with E-state index in [2.05, 4.69) is 0 Å². The topological polar surface area (TPSA) is 69.4 Å². The standard InChI is InChI=1S/C12H19NO3S/c1-2-8-17(14,15)9-4-7-16-12-6-3-5-11(13)10-12/h3,5-6,10H,2,4,7-9,13H2,1H3. The smallest absolute Gasteiger partial charge is 0.150 e. The molecule has 0 radical (unpaired) electrons. The number of rotatable bonds is 7. The molecule has 17 heavy (non-hydrogen) atoms. The molecule has 0 bridgehead atoms. The molecule has 1 aromatic carbocycles. The van der Waals surface area contributed by atoms with Crippen molar-refractivity contribution in [1.82, 2.24) is 0 Å². The predicted octanol–water partition coefficient (Wildman–Crippen LogP) is 1.86. The molecule has 1 rings (SSSR count). The Morgan fingerprint density at radius 3 is 2.71 bits per heavy atom. The van der Waals surface area contributed by atoms with E-state index in [9.17, 15) is 8.42 Å². The van der Waals surface area contributed by atoms with Crippen LogP contribution in [0.1, 0.15) is 19.8 Å². The van der Waals surface area contributed by atoms with Gasteiger partial charge in [0, 0.05) is 17.5 Å². The maximum absolute atomic E-state index is 11.4.